The molecule has 0 aliphatic heterocycles. The van der Waals surface area contributed by atoms with Gasteiger partial charge in [-0.15, -0.1) is 0 Å². The van der Waals surface area contributed by atoms with Crippen molar-refractivity contribution < 1.29 is 0 Å². The van der Waals surface area contributed by atoms with Crippen LogP contribution in [-0.2, 0) is 13.6 Å². The van der Waals surface area contributed by atoms with Crippen LogP contribution in [0.4, 0.5) is 5.69 Å². The summed E-state index contributed by atoms with van der Waals surface area (Å²) in [5.41, 5.74) is 1.67. The molecule has 0 saturated carbocycles. The Bertz CT molecular complexity index is 537. The molecular formula is C11H10Cl3N3. The highest BCUT2D eigenvalue weighted by Gasteiger charge is 2.06. The molecule has 0 unspecified atom stereocenters. The van der Waals surface area contributed by atoms with E-state index >= 15 is 0 Å². The highest BCUT2D eigenvalue weighted by Crippen LogP contribution is 2.32. The average Bonchev–Trinajstić information content (AvgIpc) is 2.68. The Morgan fingerprint density at radius 3 is 2.53 bits per heavy atom. The fourth-order valence-corrected chi connectivity index (χ4v) is 2.01. The van der Waals surface area contributed by atoms with E-state index in [2.05, 4.69) is 10.4 Å². The van der Waals surface area contributed by atoms with Gasteiger partial charge in [0.2, 0.25) is 0 Å². The number of benzene rings is 1. The molecular weight excluding hydrogens is 281 g/mol. The lowest BCUT2D eigenvalue weighted by Crippen LogP contribution is -2.01. The molecule has 1 aromatic heterocycles. The molecule has 0 aliphatic carbocycles. The molecule has 0 saturated heterocycles. The fourth-order valence-electron chi connectivity index (χ4n) is 1.40. The van der Waals surface area contributed by atoms with Crippen LogP contribution in [0, 0.1) is 0 Å². The number of anilines is 1. The van der Waals surface area contributed by atoms with E-state index in [1.165, 1.54) is 0 Å². The second-order valence-electron chi connectivity index (χ2n) is 3.58. The van der Waals surface area contributed by atoms with Gasteiger partial charge in [-0.1, -0.05) is 34.8 Å². The molecule has 1 heterocycles. The van der Waals surface area contributed by atoms with Crippen LogP contribution in [0.3, 0.4) is 0 Å². The summed E-state index contributed by atoms with van der Waals surface area (Å²) in [6.45, 7) is 0.582. The van der Waals surface area contributed by atoms with Crippen LogP contribution >= 0.6 is 34.8 Å². The lowest BCUT2D eigenvalue weighted by molar-refractivity contribution is 0.747. The smallest absolute Gasteiger partial charge is 0.0815 e. The monoisotopic (exact) mass is 289 g/mol. The van der Waals surface area contributed by atoms with Gasteiger partial charge in [0, 0.05) is 13.2 Å². The van der Waals surface area contributed by atoms with E-state index < -0.39 is 0 Å². The van der Waals surface area contributed by atoms with E-state index in [1.54, 1.807) is 16.8 Å². The minimum absolute atomic E-state index is 0.444. The number of aryl methyl sites for hydroxylation is 1. The van der Waals surface area contributed by atoms with Crippen LogP contribution in [0.2, 0.25) is 15.1 Å². The van der Waals surface area contributed by atoms with Crippen molar-refractivity contribution in [2.24, 2.45) is 7.05 Å². The Labute approximate surface area is 114 Å². The number of rotatable bonds is 3. The number of hydrogen-bond acceptors (Lipinski definition) is 2. The van der Waals surface area contributed by atoms with Gasteiger partial charge in [0.05, 0.1) is 33.0 Å². The zero-order valence-electron chi connectivity index (χ0n) is 9.04. The van der Waals surface area contributed by atoms with Crippen LogP contribution in [0.25, 0.3) is 0 Å². The molecule has 0 aliphatic rings. The number of nitrogens with zero attached hydrogens (tertiary/aromatic N) is 2. The lowest BCUT2D eigenvalue weighted by atomic mass is 10.3. The van der Waals surface area contributed by atoms with Gasteiger partial charge < -0.3 is 5.32 Å². The lowest BCUT2D eigenvalue weighted by Gasteiger charge is -2.08. The average molecular weight is 291 g/mol. The molecule has 2 aromatic rings. The van der Waals surface area contributed by atoms with Crippen molar-refractivity contribution in [2.75, 3.05) is 5.32 Å². The van der Waals surface area contributed by atoms with Crippen LogP contribution in [-0.4, -0.2) is 9.78 Å². The topological polar surface area (TPSA) is 29.9 Å². The summed E-state index contributed by atoms with van der Waals surface area (Å²) in [5, 5.41) is 8.86. The van der Waals surface area contributed by atoms with E-state index in [9.17, 15) is 0 Å². The number of hydrogen-bond donors (Lipinski definition) is 1. The fraction of sp³-hybridized carbons (Fsp3) is 0.182. The van der Waals surface area contributed by atoms with Crippen molar-refractivity contribution in [1.82, 2.24) is 9.78 Å². The van der Waals surface area contributed by atoms with Crippen molar-refractivity contribution in [1.29, 1.82) is 0 Å². The summed E-state index contributed by atoms with van der Waals surface area (Å²) in [7, 11) is 1.87. The number of nitrogens with one attached hydrogen (secondary N) is 1. The Hall–Kier alpha value is -0.900. The highest BCUT2D eigenvalue weighted by atomic mass is 35.5. The highest BCUT2D eigenvalue weighted by molar-refractivity contribution is 6.44. The van der Waals surface area contributed by atoms with E-state index in [0.29, 0.717) is 21.6 Å². The van der Waals surface area contributed by atoms with Crippen molar-refractivity contribution in [2.45, 2.75) is 6.54 Å². The van der Waals surface area contributed by atoms with Gasteiger partial charge in [-0.2, -0.15) is 5.10 Å². The molecule has 0 amide bonds. The van der Waals surface area contributed by atoms with Gasteiger partial charge in [-0.3, -0.25) is 4.68 Å². The van der Waals surface area contributed by atoms with Gasteiger partial charge >= 0.3 is 0 Å². The summed E-state index contributed by atoms with van der Waals surface area (Å²) in [6, 6.07) is 5.25. The first-order valence-corrected chi connectivity index (χ1v) is 6.06. The van der Waals surface area contributed by atoms with Gasteiger partial charge in [-0.25, -0.2) is 0 Å². The molecule has 1 aromatic carbocycles. The van der Waals surface area contributed by atoms with E-state index in [-0.39, 0.29) is 0 Å². The summed E-state index contributed by atoms with van der Waals surface area (Å²) >= 11 is 17.8. The molecule has 0 bridgehead atoms. The molecule has 2 rings (SSSR count). The quantitative estimate of drug-likeness (QED) is 0.866. The second kappa shape index (κ2) is 5.17. The molecule has 0 fully saturated rings. The van der Waals surface area contributed by atoms with E-state index in [1.807, 2.05) is 19.3 Å². The SMILES string of the molecule is Cn1ccc(CNc2cc(Cl)c(Cl)cc2Cl)n1. The van der Waals surface area contributed by atoms with Crippen molar-refractivity contribution in [3.05, 3.63) is 45.2 Å². The Balaban J connectivity index is 2.11. The third-order valence-corrected chi connectivity index (χ3v) is 3.27. The summed E-state index contributed by atoms with van der Waals surface area (Å²) in [5.74, 6) is 0. The maximum Gasteiger partial charge on any atom is 0.0815 e. The van der Waals surface area contributed by atoms with Gasteiger partial charge in [-0.05, 0) is 18.2 Å². The molecule has 0 spiro atoms. The molecule has 1 N–H and O–H groups in total. The Morgan fingerprint density at radius 1 is 1.18 bits per heavy atom. The number of aromatic nitrogens is 2. The maximum absolute atomic E-state index is 6.04. The van der Waals surface area contributed by atoms with Crippen LogP contribution in [0.15, 0.2) is 24.4 Å². The first-order chi connectivity index (χ1) is 8.06. The standard InChI is InChI=1S/C11H10Cl3N3/c1-17-3-2-7(16-17)6-15-11-5-9(13)8(12)4-10(11)14/h2-5,15H,6H2,1H3. The third kappa shape index (κ3) is 3.06. The molecule has 17 heavy (non-hydrogen) atoms. The molecule has 0 radical (unpaired) electrons. The zero-order valence-corrected chi connectivity index (χ0v) is 11.3. The first-order valence-electron chi connectivity index (χ1n) is 4.93. The Kier molecular flexibility index (Phi) is 3.82. The molecule has 3 nitrogen and oxygen atoms in total. The molecule has 6 heteroatoms. The second-order valence-corrected chi connectivity index (χ2v) is 4.80. The first kappa shape index (κ1) is 12.6. The van der Waals surface area contributed by atoms with Gasteiger partial charge in [0.1, 0.15) is 0 Å². The Morgan fingerprint density at radius 2 is 1.88 bits per heavy atom. The van der Waals surface area contributed by atoms with E-state index in [0.717, 1.165) is 11.4 Å². The zero-order chi connectivity index (χ0) is 12.4. The largest absolute Gasteiger partial charge is 0.378 e. The predicted molar refractivity (Wildman–Crippen MR) is 72.0 cm³/mol. The molecule has 0 atom stereocenters. The third-order valence-electron chi connectivity index (χ3n) is 2.24. The maximum atomic E-state index is 6.04. The van der Waals surface area contributed by atoms with Crippen LogP contribution in [0.1, 0.15) is 5.69 Å². The minimum atomic E-state index is 0.444. The van der Waals surface area contributed by atoms with Crippen LogP contribution < -0.4 is 5.32 Å². The van der Waals surface area contributed by atoms with Crippen molar-refractivity contribution in [3.8, 4) is 0 Å². The summed E-state index contributed by atoms with van der Waals surface area (Å²) in [6.07, 6.45) is 1.88. The predicted octanol–water partition coefficient (Wildman–Crippen LogP) is 3.99. The van der Waals surface area contributed by atoms with Gasteiger partial charge in [0.25, 0.3) is 0 Å². The summed E-state index contributed by atoms with van der Waals surface area (Å²) < 4.78 is 1.74. The van der Waals surface area contributed by atoms with Crippen molar-refractivity contribution >= 4 is 40.5 Å². The van der Waals surface area contributed by atoms with Gasteiger partial charge in [0.15, 0.2) is 0 Å². The summed E-state index contributed by atoms with van der Waals surface area (Å²) in [4.78, 5) is 0. The van der Waals surface area contributed by atoms with E-state index in [4.69, 9.17) is 34.8 Å². The number of halogens is 3. The molecule has 90 valence electrons. The van der Waals surface area contributed by atoms with Crippen LogP contribution in [0.5, 0.6) is 0 Å². The van der Waals surface area contributed by atoms with Crippen molar-refractivity contribution in [3.63, 3.8) is 0 Å². The normalized spacial score (nSPS) is 10.6. The minimum Gasteiger partial charge on any atom is -0.378 e.